The summed E-state index contributed by atoms with van der Waals surface area (Å²) in [6.07, 6.45) is 0.299. The maximum absolute atomic E-state index is 10.8. The number of benzene rings is 2. The summed E-state index contributed by atoms with van der Waals surface area (Å²) in [6, 6.07) is 11.8. The van der Waals surface area contributed by atoms with Crippen LogP contribution in [0.3, 0.4) is 0 Å². The molecule has 4 rings (SSSR count). The van der Waals surface area contributed by atoms with Crippen molar-refractivity contribution in [1.29, 1.82) is 0 Å². The molecular formula is C21H22O4. The van der Waals surface area contributed by atoms with Crippen molar-refractivity contribution >= 4 is 0 Å². The maximum Gasteiger partial charge on any atom is 0.136 e. The molecule has 0 aliphatic carbocycles. The SMILES string of the molecule is C=C(C)[C@@H]1Cc2c(cc(OC)c3c2O[C@H](c2ccccc2)C[C@H]3O)O1. The molecule has 3 atom stereocenters. The van der Waals surface area contributed by atoms with Gasteiger partial charge < -0.3 is 19.3 Å². The van der Waals surface area contributed by atoms with Crippen molar-refractivity contribution < 1.29 is 19.3 Å². The smallest absolute Gasteiger partial charge is 0.136 e. The molecule has 2 aromatic carbocycles. The molecule has 25 heavy (non-hydrogen) atoms. The Kier molecular flexibility index (Phi) is 3.92. The van der Waals surface area contributed by atoms with Crippen LogP contribution in [-0.2, 0) is 6.42 Å². The molecule has 2 heterocycles. The van der Waals surface area contributed by atoms with E-state index < -0.39 is 6.10 Å². The van der Waals surface area contributed by atoms with Gasteiger partial charge in [-0.05, 0) is 18.1 Å². The van der Waals surface area contributed by atoms with E-state index in [1.54, 1.807) is 7.11 Å². The Balaban J connectivity index is 1.79. The number of aliphatic hydroxyl groups excluding tert-OH is 1. The van der Waals surface area contributed by atoms with Gasteiger partial charge in [0.25, 0.3) is 0 Å². The van der Waals surface area contributed by atoms with Gasteiger partial charge in [-0.1, -0.05) is 36.9 Å². The van der Waals surface area contributed by atoms with Gasteiger partial charge in [0, 0.05) is 24.5 Å². The van der Waals surface area contributed by atoms with Gasteiger partial charge in [-0.25, -0.2) is 0 Å². The molecule has 130 valence electrons. The van der Waals surface area contributed by atoms with E-state index in [4.69, 9.17) is 14.2 Å². The molecule has 0 radical (unpaired) electrons. The predicted octanol–water partition coefficient (Wildman–Crippen LogP) is 4.13. The Labute approximate surface area is 147 Å². The Hall–Kier alpha value is -2.46. The van der Waals surface area contributed by atoms with E-state index in [-0.39, 0.29) is 12.2 Å². The van der Waals surface area contributed by atoms with Crippen molar-refractivity contribution in [2.24, 2.45) is 0 Å². The van der Waals surface area contributed by atoms with Gasteiger partial charge in [-0.15, -0.1) is 0 Å². The molecule has 0 spiro atoms. The number of hydrogen-bond donors (Lipinski definition) is 1. The third kappa shape index (κ3) is 2.67. The van der Waals surface area contributed by atoms with Crippen molar-refractivity contribution in [3.8, 4) is 17.2 Å². The topological polar surface area (TPSA) is 47.9 Å². The highest BCUT2D eigenvalue weighted by molar-refractivity contribution is 5.61. The molecule has 0 saturated carbocycles. The van der Waals surface area contributed by atoms with E-state index in [1.165, 1.54) is 0 Å². The van der Waals surface area contributed by atoms with Crippen LogP contribution in [0.15, 0.2) is 48.6 Å². The summed E-state index contributed by atoms with van der Waals surface area (Å²) >= 11 is 0. The quantitative estimate of drug-likeness (QED) is 0.855. The lowest BCUT2D eigenvalue weighted by Crippen LogP contribution is -2.21. The van der Waals surface area contributed by atoms with Crippen LogP contribution < -0.4 is 14.2 Å². The summed E-state index contributed by atoms with van der Waals surface area (Å²) in [5, 5.41) is 10.8. The van der Waals surface area contributed by atoms with Crippen LogP contribution in [0.5, 0.6) is 17.2 Å². The summed E-state index contributed by atoms with van der Waals surface area (Å²) in [4.78, 5) is 0. The molecule has 0 bridgehead atoms. The number of aliphatic hydroxyl groups is 1. The van der Waals surface area contributed by atoms with Gasteiger partial charge in [-0.3, -0.25) is 0 Å². The first-order chi connectivity index (χ1) is 12.1. The Morgan fingerprint density at radius 2 is 2.00 bits per heavy atom. The van der Waals surface area contributed by atoms with Gasteiger partial charge in [0.05, 0.1) is 18.8 Å². The van der Waals surface area contributed by atoms with Crippen LogP contribution in [0.1, 0.15) is 42.2 Å². The fourth-order valence-electron chi connectivity index (χ4n) is 3.63. The van der Waals surface area contributed by atoms with Crippen LogP contribution in [0.2, 0.25) is 0 Å². The molecule has 0 aromatic heterocycles. The Morgan fingerprint density at radius 3 is 2.68 bits per heavy atom. The molecule has 2 aromatic rings. The van der Waals surface area contributed by atoms with Gasteiger partial charge >= 0.3 is 0 Å². The molecule has 4 nitrogen and oxygen atoms in total. The van der Waals surface area contributed by atoms with Crippen molar-refractivity contribution in [2.75, 3.05) is 7.11 Å². The fraction of sp³-hybridized carbons (Fsp3) is 0.333. The number of hydrogen-bond acceptors (Lipinski definition) is 4. The number of fused-ring (bicyclic) bond motifs is 3. The lowest BCUT2D eigenvalue weighted by molar-refractivity contribution is 0.0625. The summed E-state index contributed by atoms with van der Waals surface area (Å²) in [6.45, 7) is 5.97. The maximum atomic E-state index is 10.8. The van der Waals surface area contributed by atoms with E-state index in [0.29, 0.717) is 24.3 Å². The lowest BCUT2D eigenvalue weighted by Gasteiger charge is -2.32. The summed E-state index contributed by atoms with van der Waals surface area (Å²) < 4.78 is 17.9. The van der Waals surface area contributed by atoms with Gasteiger partial charge in [0.1, 0.15) is 29.5 Å². The fourth-order valence-corrected chi connectivity index (χ4v) is 3.63. The monoisotopic (exact) mass is 338 g/mol. The number of rotatable bonds is 3. The van der Waals surface area contributed by atoms with Crippen molar-refractivity contribution in [2.45, 2.75) is 38.1 Å². The first-order valence-electron chi connectivity index (χ1n) is 8.54. The van der Waals surface area contributed by atoms with E-state index in [0.717, 1.165) is 28.0 Å². The zero-order valence-corrected chi connectivity index (χ0v) is 14.5. The number of ether oxygens (including phenoxy) is 3. The van der Waals surface area contributed by atoms with Crippen molar-refractivity contribution in [1.82, 2.24) is 0 Å². The predicted molar refractivity (Wildman–Crippen MR) is 95.3 cm³/mol. The average Bonchev–Trinajstić information content (AvgIpc) is 3.06. The zero-order valence-electron chi connectivity index (χ0n) is 14.5. The Bertz CT molecular complexity index is 812. The molecule has 2 aliphatic heterocycles. The second kappa shape index (κ2) is 6.12. The minimum Gasteiger partial charge on any atom is -0.496 e. The molecule has 4 heteroatoms. The average molecular weight is 338 g/mol. The second-order valence-electron chi connectivity index (χ2n) is 6.72. The van der Waals surface area contributed by atoms with Crippen LogP contribution in [-0.4, -0.2) is 18.3 Å². The van der Waals surface area contributed by atoms with Crippen molar-refractivity contribution in [3.05, 3.63) is 65.2 Å². The first kappa shape index (κ1) is 16.0. The van der Waals surface area contributed by atoms with E-state index >= 15 is 0 Å². The lowest BCUT2D eigenvalue weighted by atomic mass is 9.91. The molecule has 0 unspecified atom stereocenters. The van der Waals surface area contributed by atoms with Gasteiger partial charge in [0.2, 0.25) is 0 Å². The highest BCUT2D eigenvalue weighted by Crippen LogP contribution is 2.52. The van der Waals surface area contributed by atoms with E-state index in [2.05, 4.69) is 6.58 Å². The normalized spacial score (nSPS) is 23.9. The van der Waals surface area contributed by atoms with Crippen LogP contribution in [0, 0.1) is 0 Å². The van der Waals surface area contributed by atoms with E-state index in [9.17, 15) is 5.11 Å². The first-order valence-corrected chi connectivity index (χ1v) is 8.54. The molecule has 0 saturated heterocycles. The highest BCUT2D eigenvalue weighted by Gasteiger charge is 2.37. The molecule has 0 fully saturated rings. The molecular weight excluding hydrogens is 316 g/mol. The van der Waals surface area contributed by atoms with Gasteiger partial charge in [0.15, 0.2) is 0 Å². The number of methoxy groups -OCH3 is 1. The molecule has 0 amide bonds. The summed E-state index contributed by atoms with van der Waals surface area (Å²) in [5.41, 5.74) is 3.74. The standard InChI is InChI=1S/C21H22O4/c1-12(2)16-9-14-18(24-16)11-19(23-3)20-15(22)10-17(25-21(14)20)13-7-5-4-6-8-13/h4-8,11,15-17,22H,1,9-10H2,2-3H3/t15-,16+,17+/m1/s1. The largest absolute Gasteiger partial charge is 0.496 e. The third-order valence-electron chi connectivity index (χ3n) is 4.97. The van der Waals surface area contributed by atoms with Crippen molar-refractivity contribution in [3.63, 3.8) is 0 Å². The minimum absolute atomic E-state index is 0.0657. The summed E-state index contributed by atoms with van der Waals surface area (Å²) in [7, 11) is 1.60. The highest BCUT2D eigenvalue weighted by atomic mass is 16.5. The van der Waals surface area contributed by atoms with Gasteiger partial charge in [-0.2, -0.15) is 0 Å². The third-order valence-corrected chi connectivity index (χ3v) is 4.97. The zero-order chi connectivity index (χ0) is 17.6. The second-order valence-corrected chi connectivity index (χ2v) is 6.72. The Morgan fingerprint density at radius 1 is 1.24 bits per heavy atom. The van der Waals surface area contributed by atoms with Crippen LogP contribution in [0.25, 0.3) is 0 Å². The minimum atomic E-state index is -0.641. The molecule has 1 N–H and O–H groups in total. The summed E-state index contributed by atoms with van der Waals surface area (Å²) in [5.74, 6) is 2.06. The van der Waals surface area contributed by atoms with E-state index in [1.807, 2.05) is 43.3 Å². The van der Waals surface area contributed by atoms with Crippen LogP contribution in [0.4, 0.5) is 0 Å². The molecule has 2 aliphatic rings. The van der Waals surface area contributed by atoms with Crippen LogP contribution >= 0.6 is 0 Å².